The van der Waals surface area contributed by atoms with Gasteiger partial charge >= 0.3 is 0 Å². The van der Waals surface area contributed by atoms with Crippen LogP contribution in [-0.2, 0) is 17.8 Å². The zero-order valence-corrected chi connectivity index (χ0v) is 23.5. The van der Waals surface area contributed by atoms with Crippen LogP contribution in [-0.4, -0.2) is 11.4 Å². The van der Waals surface area contributed by atoms with Crippen molar-refractivity contribution >= 4 is 74.6 Å². The number of halogens is 2. The van der Waals surface area contributed by atoms with Gasteiger partial charge < -0.3 is 15.4 Å². The van der Waals surface area contributed by atoms with Gasteiger partial charge in [0.2, 0.25) is 0 Å². The molecule has 0 saturated carbocycles. The summed E-state index contributed by atoms with van der Waals surface area (Å²) in [7, 11) is 0. The van der Waals surface area contributed by atoms with Gasteiger partial charge in [-0.25, -0.2) is 0 Å². The predicted octanol–water partition coefficient (Wildman–Crippen LogP) is 6.95. The lowest BCUT2D eigenvalue weighted by Gasteiger charge is -2.13. The van der Waals surface area contributed by atoms with Gasteiger partial charge in [-0.2, -0.15) is 0 Å². The van der Waals surface area contributed by atoms with Crippen molar-refractivity contribution in [2.75, 3.05) is 5.32 Å². The molecule has 0 radical (unpaired) electrons. The third-order valence-electron chi connectivity index (χ3n) is 5.21. The van der Waals surface area contributed by atoms with Crippen LogP contribution in [0.1, 0.15) is 29.2 Å². The van der Waals surface area contributed by atoms with Crippen molar-refractivity contribution in [3.8, 4) is 5.75 Å². The topological polar surface area (TPSA) is 50.4 Å². The molecular formula is C26H24I2N2O2S. The summed E-state index contributed by atoms with van der Waals surface area (Å²) in [5, 5.41) is 6.37. The number of hydrogen-bond acceptors (Lipinski definition) is 4. The van der Waals surface area contributed by atoms with Crippen molar-refractivity contribution < 1.29 is 9.53 Å². The number of anilines is 1. The molecule has 1 saturated heterocycles. The lowest BCUT2D eigenvalue weighted by atomic mass is 10.1. The zero-order chi connectivity index (χ0) is 23.4. The molecule has 33 heavy (non-hydrogen) atoms. The molecule has 1 heterocycles. The molecule has 0 spiro atoms. The normalized spacial score (nSPS) is 16.7. The van der Waals surface area contributed by atoms with Crippen LogP contribution in [0.5, 0.6) is 5.75 Å². The SMILES string of the molecule is CCc1ccc(N[C@@H]2NC(=O)/C(=C/c3cc(I)c(OCc4ccc(C)cc4)c(I)c3)S2)cc1. The van der Waals surface area contributed by atoms with Crippen molar-refractivity contribution in [3.63, 3.8) is 0 Å². The molecule has 1 fully saturated rings. The number of amides is 1. The van der Waals surface area contributed by atoms with Crippen LogP contribution in [0.2, 0.25) is 0 Å². The third-order valence-corrected chi connectivity index (χ3v) is 7.84. The maximum atomic E-state index is 12.5. The third kappa shape index (κ3) is 6.45. The Hall–Kier alpha value is -1.72. The van der Waals surface area contributed by atoms with Crippen LogP contribution in [0.3, 0.4) is 0 Å². The second-order valence-corrected chi connectivity index (χ2v) is 11.2. The van der Waals surface area contributed by atoms with Crippen LogP contribution >= 0.6 is 56.9 Å². The Balaban J connectivity index is 1.43. The molecule has 1 aliphatic rings. The van der Waals surface area contributed by atoms with Crippen molar-refractivity contribution in [1.82, 2.24) is 5.32 Å². The summed E-state index contributed by atoms with van der Waals surface area (Å²) in [5.41, 5.74) is 5.45. The van der Waals surface area contributed by atoms with Crippen molar-refractivity contribution in [1.29, 1.82) is 0 Å². The molecular weight excluding hydrogens is 658 g/mol. The largest absolute Gasteiger partial charge is 0.487 e. The fraction of sp³-hybridized carbons (Fsp3) is 0.192. The fourth-order valence-electron chi connectivity index (χ4n) is 3.35. The summed E-state index contributed by atoms with van der Waals surface area (Å²) in [6, 6.07) is 20.8. The molecule has 1 aliphatic heterocycles. The van der Waals surface area contributed by atoms with Gasteiger partial charge in [-0.1, -0.05) is 60.6 Å². The predicted molar refractivity (Wildman–Crippen MR) is 154 cm³/mol. The van der Waals surface area contributed by atoms with E-state index in [4.69, 9.17) is 4.74 Å². The van der Waals surface area contributed by atoms with Gasteiger partial charge in [0.05, 0.1) is 12.0 Å². The first-order valence-corrected chi connectivity index (χ1v) is 13.7. The standard InChI is InChI=1S/C26H24I2N2O2S/c1-3-17-8-10-20(11-9-17)29-26-30-25(31)23(33-26)14-19-12-21(27)24(22(28)13-19)32-15-18-6-4-16(2)5-7-18/h4-14,26,29H,3,15H2,1-2H3,(H,30,31)/b23-14-/t26-/m1/s1. The first kappa shape index (κ1) is 24.4. The van der Waals surface area contributed by atoms with Gasteiger partial charge in [0.25, 0.3) is 5.91 Å². The Morgan fingerprint density at radius 2 is 1.67 bits per heavy atom. The molecule has 0 bridgehead atoms. The molecule has 4 rings (SSSR count). The van der Waals surface area contributed by atoms with Crippen LogP contribution < -0.4 is 15.4 Å². The summed E-state index contributed by atoms with van der Waals surface area (Å²) in [4.78, 5) is 13.2. The van der Waals surface area contributed by atoms with Gasteiger partial charge in [-0.05, 0) is 106 Å². The molecule has 2 N–H and O–H groups in total. The van der Waals surface area contributed by atoms with E-state index in [1.807, 2.05) is 18.2 Å². The van der Waals surface area contributed by atoms with E-state index in [2.05, 4.69) is 118 Å². The molecule has 0 unspecified atom stereocenters. The molecule has 1 amide bonds. The zero-order valence-electron chi connectivity index (χ0n) is 18.3. The average Bonchev–Trinajstić information content (AvgIpc) is 3.13. The number of thioether (sulfide) groups is 1. The number of aryl methyl sites for hydroxylation is 2. The smallest absolute Gasteiger partial charge is 0.260 e. The Morgan fingerprint density at radius 1 is 1.03 bits per heavy atom. The Labute approximate surface area is 226 Å². The number of carbonyl (C=O) groups excluding carboxylic acids is 1. The lowest BCUT2D eigenvalue weighted by molar-refractivity contribution is -0.116. The van der Waals surface area contributed by atoms with Gasteiger partial charge in [0.1, 0.15) is 12.4 Å². The highest BCUT2D eigenvalue weighted by molar-refractivity contribution is 14.1. The second kappa shape index (κ2) is 11.1. The van der Waals surface area contributed by atoms with E-state index in [1.54, 1.807) is 0 Å². The van der Waals surface area contributed by atoms with E-state index in [1.165, 1.54) is 22.9 Å². The van der Waals surface area contributed by atoms with Crippen molar-refractivity contribution in [2.45, 2.75) is 32.4 Å². The highest BCUT2D eigenvalue weighted by Crippen LogP contribution is 2.34. The summed E-state index contributed by atoms with van der Waals surface area (Å²) in [5.74, 6) is 0.810. The summed E-state index contributed by atoms with van der Waals surface area (Å²) >= 11 is 6.09. The summed E-state index contributed by atoms with van der Waals surface area (Å²) in [6.45, 7) is 4.74. The molecule has 7 heteroatoms. The summed E-state index contributed by atoms with van der Waals surface area (Å²) in [6.07, 6.45) is 2.95. The number of rotatable bonds is 7. The van der Waals surface area contributed by atoms with Gasteiger partial charge in [-0.15, -0.1) is 0 Å². The minimum atomic E-state index is -0.188. The maximum Gasteiger partial charge on any atom is 0.260 e. The van der Waals surface area contributed by atoms with Gasteiger partial charge in [-0.3, -0.25) is 4.79 Å². The molecule has 4 nitrogen and oxygen atoms in total. The number of ether oxygens (including phenoxy) is 1. The quantitative estimate of drug-likeness (QED) is 0.210. The number of hydrogen-bond donors (Lipinski definition) is 2. The molecule has 0 aromatic heterocycles. The van der Waals surface area contributed by atoms with Gasteiger partial charge in [0.15, 0.2) is 5.50 Å². The molecule has 170 valence electrons. The average molecular weight is 682 g/mol. The fourth-order valence-corrected chi connectivity index (χ4v) is 6.46. The number of benzene rings is 3. The van der Waals surface area contributed by atoms with Gasteiger partial charge in [0, 0.05) is 5.69 Å². The van der Waals surface area contributed by atoms with Crippen LogP contribution in [0.4, 0.5) is 5.69 Å². The Morgan fingerprint density at radius 3 is 2.30 bits per heavy atom. The van der Waals surface area contributed by atoms with E-state index < -0.39 is 0 Å². The monoisotopic (exact) mass is 682 g/mol. The minimum Gasteiger partial charge on any atom is -0.487 e. The number of nitrogens with one attached hydrogen (secondary N) is 2. The van der Waals surface area contributed by atoms with E-state index >= 15 is 0 Å². The molecule has 0 aliphatic carbocycles. The van der Waals surface area contributed by atoms with Crippen LogP contribution in [0.25, 0.3) is 6.08 Å². The highest BCUT2D eigenvalue weighted by Gasteiger charge is 2.27. The van der Waals surface area contributed by atoms with Crippen LogP contribution in [0.15, 0.2) is 65.6 Å². The first-order chi connectivity index (χ1) is 15.9. The molecule has 1 atom stereocenters. The Kier molecular flexibility index (Phi) is 8.24. The summed E-state index contributed by atoms with van der Waals surface area (Å²) < 4.78 is 8.15. The van der Waals surface area contributed by atoms with E-state index in [0.29, 0.717) is 11.5 Å². The lowest BCUT2D eigenvalue weighted by Crippen LogP contribution is -2.30. The molecule has 3 aromatic carbocycles. The van der Waals surface area contributed by atoms with E-state index in [-0.39, 0.29) is 11.4 Å². The van der Waals surface area contributed by atoms with Crippen LogP contribution in [0, 0.1) is 14.1 Å². The number of carbonyl (C=O) groups is 1. The Bertz CT molecular complexity index is 1150. The highest BCUT2D eigenvalue weighted by atomic mass is 127. The maximum absolute atomic E-state index is 12.5. The molecule has 3 aromatic rings. The van der Waals surface area contributed by atoms with E-state index in [9.17, 15) is 4.79 Å². The minimum absolute atomic E-state index is 0.0626. The first-order valence-electron chi connectivity index (χ1n) is 10.6. The second-order valence-electron chi connectivity index (χ2n) is 7.76. The van der Waals surface area contributed by atoms with E-state index in [0.717, 1.165) is 36.1 Å². The van der Waals surface area contributed by atoms with Crippen molar-refractivity contribution in [2.24, 2.45) is 0 Å². The van der Waals surface area contributed by atoms with Crippen molar-refractivity contribution in [3.05, 3.63) is 95.0 Å².